The van der Waals surface area contributed by atoms with E-state index in [0.717, 1.165) is 0 Å². The van der Waals surface area contributed by atoms with Gasteiger partial charge in [-0.2, -0.15) is 0 Å². The third-order valence-electron chi connectivity index (χ3n) is 1.97. The fourth-order valence-electron chi connectivity index (χ4n) is 1.21. The summed E-state index contributed by atoms with van der Waals surface area (Å²) < 4.78 is 5.28. The van der Waals surface area contributed by atoms with Crippen molar-refractivity contribution in [1.82, 2.24) is 0 Å². The highest BCUT2D eigenvalue weighted by molar-refractivity contribution is 5.88. The van der Waals surface area contributed by atoms with Gasteiger partial charge in [0.15, 0.2) is 0 Å². The predicted molar refractivity (Wildman–Crippen MR) is 66.3 cm³/mol. The lowest BCUT2D eigenvalue weighted by Crippen LogP contribution is -2.20. The number of hydrogen-bond donors (Lipinski definition) is 2. The highest BCUT2D eigenvalue weighted by Gasteiger charge is 2.03. The first-order valence-electron chi connectivity index (χ1n) is 5.31. The third kappa shape index (κ3) is 5.20. The summed E-state index contributed by atoms with van der Waals surface area (Å²) in [5.74, 6) is 0.414. The van der Waals surface area contributed by atoms with Crippen LogP contribution in [0.5, 0.6) is 5.75 Å². The Labute approximate surface area is 104 Å². The van der Waals surface area contributed by atoms with E-state index in [-0.39, 0.29) is 19.1 Å². The van der Waals surface area contributed by atoms with Gasteiger partial charge >= 0.3 is 0 Å². The van der Waals surface area contributed by atoms with Crippen LogP contribution in [0.25, 0.3) is 10.4 Å². The highest BCUT2D eigenvalue weighted by atomic mass is 16.5. The third-order valence-corrected chi connectivity index (χ3v) is 1.97. The van der Waals surface area contributed by atoms with E-state index in [1.54, 1.807) is 24.3 Å². The van der Waals surface area contributed by atoms with Crippen LogP contribution in [-0.2, 0) is 4.79 Å². The summed E-state index contributed by atoms with van der Waals surface area (Å²) in [6, 6.07) is 6.73. The fourth-order valence-corrected chi connectivity index (χ4v) is 1.21. The number of amides is 1. The van der Waals surface area contributed by atoms with Gasteiger partial charge in [0.25, 0.3) is 0 Å². The summed E-state index contributed by atoms with van der Waals surface area (Å²) in [6.45, 7) is 1.44. The summed E-state index contributed by atoms with van der Waals surface area (Å²) >= 11 is 0. The molecule has 0 aliphatic carbocycles. The van der Waals surface area contributed by atoms with Crippen LogP contribution in [0, 0.1) is 0 Å². The Morgan fingerprint density at radius 2 is 2.22 bits per heavy atom. The number of anilines is 1. The molecule has 2 N–H and O–H groups in total. The normalized spacial score (nSPS) is 11.2. The summed E-state index contributed by atoms with van der Waals surface area (Å²) in [5.41, 5.74) is 8.75. The zero-order valence-electron chi connectivity index (χ0n) is 9.91. The predicted octanol–water partition coefficient (Wildman–Crippen LogP) is 1.69. The molecule has 1 aromatic rings. The number of aliphatic hydroxyl groups is 1. The average molecular weight is 250 g/mol. The Kier molecular flexibility index (Phi) is 5.50. The summed E-state index contributed by atoms with van der Waals surface area (Å²) in [5, 5.41) is 15.2. The Bertz CT molecular complexity index is 440. The number of carbonyl (C=O) groups excluding carboxylic acids is 1. The standard InChI is InChI=1S/C11H14N4O3/c1-8(16)14-9-2-4-11(5-3-9)18-7-10(17)6-13-15-12/h2-5,10,17H,6-7H2,1H3,(H,14,16)/t10-/m0/s1. The van der Waals surface area contributed by atoms with E-state index >= 15 is 0 Å². The van der Waals surface area contributed by atoms with Crippen LogP contribution >= 0.6 is 0 Å². The van der Waals surface area contributed by atoms with Crippen molar-refractivity contribution in [3.05, 3.63) is 34.7 Å². The van der Waals surface area contributed by atoms with Crippen LogP contribution in [0.2, 0.25) is 0 Å². The molecule has 1 atom stereocenters. The van der Waals surface area contributed by atoms with Crippen LogP contribution < -0.4 is 10.1 Å². The van der Waals surface area contributed by atoms with Gasteiger partial charge in [-0.15, -0.1) is 0 Å². The molecule has 96 valence electrons. The van der Waals surface area contributed by atoms with Crippen molar-refractivity contribution in [3.63, 3.8) is 0 Å². The second-order valence-corrected chi connectivity index (χ2v) is 3.58. The van der Waals surface area contributed by atoms with E-state index in [0.29, 0.717) is 11.4 Å². The number of benzene rings is 1. The van der Waals surface area contributed by atoms with E-state index in [1.165, 1.54) is 6.92 Å². The Morgan fingerprint density at radius 1 is 1.56 bits per heavy atom. The molecule has 0 fully saturated rings. The topological polar surface area (TPSA) is 107 Å². The number of ether oxygens (including phenoxy) is 1. The molecule has 1 aromatic carbocycles. The smallest absolute Gasteiger partial charge is 0.221 e. The lowest BCUT2D eigenvalue weighted by Gasteiger charge is -2.10. The number of hydrogen-bond acceptors (Lipinski definition) is 4. The Balaban J connectivity index is 2.43. The summed E-state index contributed by atoms with van der Waals surface area (Å²) in [4.78, 5) is 13.3. The molecule has 0 saturated carbocycles. The van der Waals surface area contributed by atoms with Gasteiger partial charge in [-0.25, -0.2) is 0 Å². The summed E-state index contributed by atoms with van der Waals surface area (Å²) in [7, 11) is 0. The van der Waals surface area contributed by atoms with Crippen LogP contribution in [0.15, 0.2) is 29.4 Å². The minimum Gasteiger partial charge on any atom is -0.491 e. The molecule has 0 unspecified atom stereocenters. The van der Waals surface area contributed by atoms with E-state index in [2.05, 4.69) is 15.3 Å². The molecule has 0 radical (unpaired) electrons. The van der Waals surface area contributed by atoms with Gasteiger partial charge in [-0.3, -0.25) is 4.79 Å². The molecule has 1 rings (SSSR count). The number of aliphatic hydroxyl groups excluding tert-OH is 1. The van der Waals surface area contributed by atoms with Gasteiger partial charge in [-0.1, -0.05) is 5.11 Å². The van der Waals surface area contributed by atoms with Gasteiger partial charge in [0.1, 0.15) is 12.4 Å². The van der Waals surface area contributed by atoms with Crippen molar-refractivity contribution in [2.24, 2.45) is 5.11 Å². The molecule has 1 amide bonds. The zero-order chi connectivity index (χ0) is 13.4. The number of carbonyl (C=O) groups is 1. The summed E-state index contributed by atoms with van der Waals surface area (Å²) in [6.07, 6.45) is -0.837. The SMILES string of the molecule is CC(=O)Nc1ccc(OC[C@@H](O)CN=[N+]=[N-])cc1. The molecule has 18 heavy (non-hydrogen) atoms. The minimum atomic E-state index is -0.837. The molecular formula is C11H14N4O3. The Hall–Kier alpha value is -2.24. The first-order chi connectivity index (χ1) is 8.61. The maximum Gasteiger partial charge on any atom is 0.221 e. The molecule has 0 heterocycles. The number of azide groups is 1. The molecule has 0 saturated heterocycles. The van der Waals surface area contributed by atoms with Crippen molar-refractivity contribution >= 4 is 11.6 Å². The average Bonchev–Trinajstić information content (AvgIpc) is 2.35. The second-order valence-electron chi connectivity index (χ2n) is 3.58. The first-order valence-corrected chi connectivity index (χ1v) is 5.31. The van der Waals surface area contributed by atoms with Crippen molar-refractivity contribution in [1.29, 1.82) is 0 Å². The van der Waals surface area contributed by atoms with Crippen molar-refractivity contribution in [3.8, 4) is 5.75 Å². The van der Waals surface area contributed by atoms with Crippen molar-refractivity contribution < 1.29 is 14.6 Å². The van der Waals surface area contributed by atoms with E-state index in [9.17, 15) is 9.90 Å². The molecule has 0 bridgehead atoms. The molecule has 0 aromatic heterocycles. The quantitative estimate of drug-likeness (QED) is 0.455. The van der Waals surface area contributed by atoms with Gasteiger partial charge < -0.3 is 15.2 Å². The zero-order valence-corrected chi connectivity index (χ0v) is 9.91. The van der Waals surface area contributed by atoms with Gasteiger partial charge in [-0.05, 0) is 29.8 Å². The fraction of sp³-hybridized carbons (Fsp3) is 0.364. The number of rotatable bonds is 6. The molecular weight excluding hydrogens is 236 g/mol. The van der Waals surface area contributed by atoms with Gasteiger partial charge in [0.2, 0.25) is 5.91 Å². The molecule has 7 heteroatoms. The number of nitrogens with one attached hydrogen (secondary N) is 1. The monoisotopic (exact) mass is 250 g/mol. The van der Waals surface area contributed by atoms with Crippen molar-refractivity contribution in [2.75, 3.05) is 18.5 Å². The maximum absolute atomic E-state index is 10.8. The Morgan fingerprint density at radius 3 is 2.78 bits per heavy atom. The van der Waals surface area contributed by atoms with E-state index in [1.807, 2.05) is 0 Å². The largest absolute Gasteiger partial charge is 0.491 e. The van der Waals surface area contributed by atoms with Crippen LogP contribution in [0.4, 0.5) is 5.69 Å². The molecule has 0 spiro atoms. The van der Waals surface area contributed by atoms with Gasteiger partial charge in [0.05, 0.1) is 12.6 Å². The molecule has 7 nitrogen and oxygen atoms in total. The maximum atomic E-state index is 10.8. The lowest BCUT2D eigenvalue weighted by molar-refractivity contribution is -0.114. The van der Waals surface area contributed by atoms with Crippen molar-refractivity contribution in [2.45, 2.75) is 13.0 Å². The second kappa shape index (κ2) is 7.16. The van der Waals surface area contributed by atoms with Crippen LogP contribution in [0.3, 0.4) is 0 Å². The van der Waals surface area contributed by atoms with Crippen LogP contribution in [-0.4, -0.2) is 30.3 Å². The van der Waals surface area contributed by atoms with Gasteiger partial charge in [0, 0.05) is 17.5 Å². The van der Waals surface area contributed by atoms with E-state index < -0.39 is 6.10 Å². The number of nitrogens with zero attached hydrogens (tertiary/aromatic N) is 3. The lowest BCUT2D eigenvalue weighted by atomic mass is 10.3. The molecule has 0 aliphatic rings. The first kappa shape index (κ1) is 13.8. The van der Waals surface area contributed by atoms with E-state index in [4.69, 9.17) is 10.3 Å². The van der Waals surface area contributed by atoms with Crippen LogP contribution in [0.1, 0.15) is 6.92 Å². The highest BCUT2D eigenvalue weighted by Crippen LogP contribution is 2.15. The minimum absolute atomic E-state index is 0.0273. The molecule has 0 aliphatic heterocycles.